The number of pyridine rings is 2. The molecule has 9 heteroatoms. The maximum Gasteiger partial charge on any atom is 0.344 e. The van der Waals surface area contributed by atoms with Crippen LogP contribution in [-0.4, -0.2) is 52.8 Å². The molecule has 2 aromatic rings. The second-order valence-corrected chi connectivity index (χ2v) is 13.8. The van der Waals surface area contributed by atoms with Gasteiger partial charge in [-0.15, -0.1) is 6.58 Å². The van der Waals surface area contributed by atoms with Crippen molar-refractivity contribution in [1.29, 1.82) is 0 Å². The number of aromatic nitrogens is 2. The van der Waals surface area contributed by atoms with Crippen LogP contribution < -0.4 is 15.9 Å². The summed E-state index contributed by atoms with van der Waals surface area (Å²) in [7, 11) is 3.83. The molecule has 2 aromatic heterocycles. The van der Waals surface area contributed by atoms with Gasteiger partial charge in [0.15, 0.2) is 0 Å². The lowest BCUT2D eigenvalue weighted by Crippen LogP contribution is -2.63. The van der Waals surface area contributed by atoms with Crippen molar-refractivity contribution in [3.05, 3.63) is 70.8 Å². The van der Waals surface area contributed by atoms with Gasteiger partial charge in [-0.2, -0.15) is 0 Å². The summed E-state index contributed by atoms with van der Waals surface area (Å²) < 4.78 is 7.62. The van der Waals surface area contributed by atoms with Gasteiger partial charge in [0.1, 0.15) is 23.3 Å². The van der Waals surface area contributed by atoms with E-state index >= 15 is 0 Å². The number of ketones is 1. The number of hydrogen-bond acceptors (Lipinski definition) is 8. The van der Waals surface area contributed by atoms with Gasteiger partial charge in [0.2, 0.25) is 0 Å². The van der Waals surface area contributed by atoms with Gasteiger partial charge in [0.05, 0.1) is 12.6 Å². The van der Waals surface area contributed by atoms with Crippen molar-refractivity contribution < 1.29 is 19.4 Å². The number of aliphatic hydroxyl groups is 1. The van der Waals surface area contributed by atoms with Gasteiger partial charge in [-0.3, -0.25) is 9.59 Å². The number of nitrogens with one attached hydrogen (secondary N) is 1. The van der Waals surface area contributed by atoms with Gasteiger partial charge in [-0.05, 0) is 66.7 Å². The molecule has 3 aliphatic carbocycles. The third-order valence-corrected chi connectivity index (χ3v) is 11.4. The van der Waals surface area contributed by atoms with E-state index in [2.05, 4.69) is 37.8 Å². The van der Waals surface area contributed by atoms with Crippen LogP contribution in [0.25, 0.3) is 0 Å². The Labute approximate surface area is 254 Å². The maximum atomic E-state index is 13.8. The molecule has 0 aliphatic heterocycles. The van der Waals surface area contributed by atoms with E-state index in [1.165, 1.54) is 10.7 Å². The van der Waals surface area contributed by atoms with Gasteiger partial charge in [-0.25, -0.2) is 14.5 Å². The summed E-state index contributed by atoms with van der Waals surface area (Å²) in [4.78, 5) is 47.3. The molecule has 5 rings (SSSR count). The van der Waals surface area contributed by atoms with Crippen molar-refractivity contribution in [2.45, 2.75) is 78.6 Å². The molecule has 9 nitrogen and oxygen atoms in total. The van der Waals surface area contributed by atoms with Gasteiger partial charge in [0.25, 0.3) is 5.56 Å². The molecule has 2 unspecified atom stereocenters. The van der Waals surface area contributed by atoms with E-state index in [9.17, 15) is 19.5 Å². The maximum absolute atomic E-state index is 13.8. The summed E-state index contributed by atoms with van der Waals surface area (Å²) in [6.07, 6.45) is 6.87. The predicted molar refractivity (Wildman–Crippen MR) is 166 cm³/mol. The molecule has 232 valence electrons. The molecule has 0 radical (unpaired) electrons. The van der Waals surface area contributed by atoms with E-state index in [0.29, 0.717) is 19.4 Å². The number of anilines is 1. The van der Waals surface area contributed by atoms with Gasteiger partial charge in [-0.1, -0.05) is 39.8 Å². The Bertz CT molecular complexity index is 1450. The van der Waals surface area contributed by atoms with Crippen molar-refractivity contribution in [2.75, 3.05) is 24.4 Å². The van der Waals surface area contributed by atoms with Crippen LogP contribution in [0.3, 0.4) is 0 Å². The minimum atomic E-state index is -0.753. The molecule has 2 N–H and O–H groups in total. The van der Waals surface area contributed by atoms with Crippen molar-refractivity contribution in [1.82, 2.24) is 9.66 Å². The molecule has 3 fully saturated rings. The highest BCUT2D eigenvalue weighted by molar-refractivity contribution is 5.89. The first-order valence-corrected chi connectivity index (χ1v) is 15.4. The summed E-state index contributed by atoms with van der Waals surface area (Å²) in [5, 5.41) is 11.7. The van der Waals surface area contributed by atoms with E-state index in [1.807, 2.05) is 38.1 Å². The van der Waals surface area contributed by atoms with E-state index in [1.54, 1.807) is 24.5 Å². The van der Waals surface area contributed by atoms with Crippen molar-refractivity contribution in [3.63, 3.8) is 0 Å². The number of ether oxygens (including phenoxy) is 1. The highest BCUT2D eigenvalue weighted by Gasteiger charge is 2.68. The zero-order valence-electron chi connectivity index (χ0n) is 26.3. The van der Waals surface area contributed by atoms with Crippen LogP contribution in [0.4, 0.5) is 5.82 Å². The largest absolute Gasteiger partial charge is 0.458 e. The molecule has 2 heterocycles. The standard InChI is InChI=1S/C34H46N4O5/c1-8-32(4)18-26(33(5)21(2)13-15-34(22(3)29(32)40)16-14-25(39)28(33)34)43-31(42)24-10-9-17-38(30(24)41)36-20-23-11-12-27(35-19-23)37(6)7/h8-12,17,19,21-22,26,28-29,36,40H,1,13-16,18,20H2,2-7H3/t21?,22-,26+,28?,29-,32+,33-,34-/m0/s1. The number of esters is 1. The second kappa shape index (κ2) is 11.2. The summed E-state index contributed by atoms with van der Waals surface area (Å²) in [5.74, 6) is -0.0572. The van der Waals surface area contributed by atoms with Crippen LogP contribution in [0.15, 0.2) is 54.1 Å². The molecule has 0 aromatic carbocycles. The molecule has 3 saturated carbocycles. The zero-order chi connectivity index (χ0) is 31.3. The Morgan fingerprint density at radius 3 is 2.63 bits per heavy atom. The number of carbonyl (C=O) groups excluding carboxylic acids is 2. The first-order chi connectivity index (χ1) is 20.3. The highest BCUT2D eigenvalue weighted by Crippen LogP contribution is 2.68. The molecule has 8 atom stereocenters. The lowest BCUT2D eigenvalue weighted by atomic mass is 9.44. The predicted octanol–water partition coefficient (Wildman–Crippen LogP) is 4.57. The summed E-state index contributed by atoms with van der Waals surface area (Å²) in [6.45, 7) is 12.7. The fraction of sp³-hybridized carbons (Fsp3) is 0.588. The van der Waals surface area contributed by atoms with Crippen molar-refractivity contribution in [3.8, 4) is 0 Å². The fourth-order valence-electron chi connectivity index (χ4n) is 8.43. The molecular weight excluding hydrogens is 544 g/mol. The monoisotopic (exact) mass is 590 g/mol. The summed E-state index contributed by atoms with van der Waals surface area (Å²) in [6, 6.07) is 6.93. The third kappa shape index (κ3) is 4.99. The Balaban J connectivity index is 1.46. The normalized spacial score (nSPS) is 35.3. The Hall–Kier alpha value is -3.46. The average Bonchev–Trinajstić information content (AvgIpc) is 3.35. The van der Waals surface area contributed by atoms with Crippen LogP contribution in [0.1, 0.15) is 75.7 Å². The Morgan fingerprint density at radius 1 is 1.23 bits per heavy atom. The number of rotatable bonds is 7. The zero-order valence-corrected chi connectivity index (χ0v) is 26.3. The minimum Gasteiger partial charge on any atom is -0.458 e. The van der Waals surface area contributed by atoms with Gasteiger partial charge in [0, 0.05) is 49.7 Å². The number of nitrogens with zero attached hydrogens (tertiary/aromatic N) is 3. The van der Waals surface area contributed by atoms with Crippen LogP contribution in [0.5, 0.6) is 0 Å². The van der Waals surface area contributed by atoms with Crippen LogP contribution in [0.2, 0.25) is 0 Å². The van der Waals surface area contributed by atoms with Gasteiger partial charge >= 0.3 is 5.97 Å². The number of Topliss-reactive ketones (excluding diaryl/α,β-unsaturated/α-hetero) is 1. The quantitative estimate of drug-likeness (QED) is 0.356. The lowest BCUT2D eigenvalue weighted by molar-refractivity contribution is -0.192. The van der Waals surface area contributed by atoms with E-state index < -0.39 is 34.6 Å². The van der Waals surface area contributed by atoms with Crippen LogP contribution >= 0.6 is 0 Å². The van der Waals surface area contributed by atoms with E-state index in [4.69, 9.17) is 4.74 Å². The average molecular weight is 591 g/mol. The summed E-state index contributed by atoms with van der Waals surface area (Å²) >= 11 is 0. The molecule has 0 amide bonds. The molecule has 2 bridgehead atoms. The van der Waals surface area contributed by atoms with Crippen LogP contribution in [0, 0.1) is 34.0 Å². The summed E-state index contributed by atoms with van der Waals surface area (Å²) in [5.41, 5.74) is 1.55. The first-order valence-electron chi connectivity index (χ1n) is 15.4. The topological polar surface area (TPSA) is 114 Å². The highest BCUT2D eigenvalue weighted by atomic mass is 16.5. The first kappa shape index (κ1) is 31.0. The van der Waals surface area contributed by atoms with Crippen molar-refractivity contribution in [2.24, 2.45) is 34.0 Å². The molecule has 0 spiro atoms. The second-order valence-electron chi connectivity index (χ2n) is 13.8. The van der Waals surface area contributed by atoms with E-state index in [0.717, 1.165) is 30.6 Å². The van der Waals surface area contributed by atoms with Gasteiger partial charge < -0.3 is 20.2 Å². The van der Waals surface area contributed by atoms with Crippen molar-refractivity contribution >= 4 is 17.6 Å². The van der Waals surface area contributed by atoms with E-state index in [-0.39, 0.29) is 34.5 Å². The Morgan fingerprint density at radius 2 is 1.98 bits per heavy atom. The molecular formula is C34H46N4O5. The lowest BCUT2D eigenvalue weighted by Gasteiger charge is -2.61. The number of hydrogen-bond donors (Lipinski definition) is 2. The molecule has 0 saturated heterocycles. The van der Waals surface area contributed by atoms with Crippen LogP contribution in [-0.2, 0) is 16.1 Å². The SMILES string of the molecule is C=C[C@]1(C)C[C@@H](OC(=O)c2cccn(NCc3ccc(N(C)C)nc3)c2=O)[C@]2(C)C(C)CC[C@]3(CCC(=O)C32)[C@@H](C)[C@@H]1O. The molecule has 3 aliphatic rings. The third-order valence-electron chi connectivity index (χ3n) is 11.4. The smallest absolute Gasteiger partial charge is 0.344 e. The minimum absolute atomic E-state index is 0.0940. The fourth-order valence-corrected chi connectivity index (χ4v) is 8.43. The number of aliphatic hydroxyl groups excluding tert-OH is 1. The number of carbonyl (C=O) groups is 2. The Kier molecular flexibility index (Phi) is 8.09. The molecule has 43 heavy (non-hydrogen) atoms.